The monoisotopic (exact) mass is 297 g/mol. The molecule has 2 aliphatic heterocycles. The van der Waals surface area contributed by atoms with Crippen LogP contribution in [0.3, 0.4) is 0 Å². The summed E-state index contributed by atoms with van der Waals surface area (Å²) in [6, 6.07) is 0. The first-order valence-corrected chi connectivity index (χ1v) is 5.61. The smallest absolute Gasteiger partial charge is 0.131 e. The minimum absolute atomic E-state index is 0. The molecule has 2 heterocycles. The molecule has 1 spiro atoms. The molecular formula is C10H20BrNO4. The highest BCUT2D eigenvalue weighted by atomic mass is 79.9. The second kappa shape index (κ2) is 5.29. The highest BCUT2D eigenvalue weighted by Gasteiger charge is 2.46. The molecule has 4 N–H and O–H groups in total. The van der Waals surface area contributed by atoms with Crippen LogP contribution < -0.4 is 17.0 Å². The van der Waals surface area contributed by atoms with Gasteiger partial charge in [-0.1, -0.05) is 0 Å². The Kier molecular flexibility index (Phi) is 4.74. The fraction of sp³-hybridized carbons (Fsp3) is 1.00. The molecule has 6 heteroatoms. The standard InChI is InChI=1S/C10H20NO4.BrH/c12-7-5-11(3-1-2-4-11)6-8(13)10(15)9(7)14;/h7-10,12-15H,1-6H2;1H/q+1;/p-1/t7-,8-,9-,10-;/m1./s1. The number of hydrogen-bond donors (Lipinski definition) is 4. The first-order chi connectivity index (χ1) is 7.04. The molecule has 0 aliphatic carbocycles. The zero-order chi connectivity index (χ0) is 11.1. The Morgan fingerprint density at radius 3 is 1.50 bits per heavy atom. The highest BCUT2D eigenvalue weighted by Crippen LogP contribution is 2.26. The minimum Gasteiger partial charge on any atom is -1.00 e. The molecule has 0 aromatic rings. The van der Waals surface area contributed by atoms with Crippen LogP contribution in [-0.2, 0) is 0 Å². The molecule has 4 atom stereocenters. The summed E-state index contributed by atoms with van der Waals surface area (Å²) in [7, 11) is 0. The largest absolute Gasteiger partial charge is 1.00 e. The highest BCUT2D eigenvalue weighted by molar-refractivity contribution is 4.85. The fourth-order valence-electron chi connectivity index (χ4n) is 2.91. The van der Waals surface area contributed by atoms with Gasteiger partial charge in [0.05, 0.1) is 13.1 Å². The molecule has 2 fully saturated rings. The molecule has 2 rings (SSSR count). The summed E-state index contributed by atoms with van der Waals surface area (Å²) in [4.78, 5) is 0. The van der Waals surface area contributed by atoms with E-state index in [1.54, 1.807) is 0 Å². The van der Waals surface area contributed by atoms with E-state index < -0.39 is 24.4 Å². The number of rotatable bonds is 0. The maximum atomic E-state index is 9.73. The molecule has 0 saturated carbocycles. The van der Waals surface area contributed by atoms with Crippen molar-refractivity contribution in [1.82, 2.24) is 0 Å². The molecule has 5 nitrogen and oxygen atoms in total. The van der Waals surface area contributed by atoms with Crippen LogP contribution in [0.2, 0.25) is 0 Å². The Hall–Kier alpha value is 0.280. The number of aliphatic hydroxyl groups is 4. The lowest BCUT2D eigenvalue weighted by Crippen LogP contribution is -3.00. The number of halogens is 1. The van der Waals surface area contributed by atoms with E-state index >= 15 is 0 Å². The van der Waals surface area contributed by atoms with Gasteiger partial charge in [-0.05, 0) is 0 Å². The van der Waals surface area contributed by atoms with Crippen molar-refractivity contribution in [2.75, 3.05) is 26.2 Å². The average Bonchev–Trinajstić information content (AvgIpc) is 2.60. The molecule has 96 valence electrons. The lowest BCUT2D eigenvalue weighted by Gasteiger charge is -2.35. The summed E-state index contributed by atoms with van der Waals surface area (Å²) >= 11 is 0. The predicted octanol–water partition coefficient (Wildman–Crippen LogP) is -4.94. The average molecular weight is 298 g/mol. The van der Waals surface area contributed by atoms with Gasteiger partial charge in [0.15, 0.2) is 0 Å². The quantitative estimate of drug-likeness (QED) is 0.338. The van der Waals surface area contributed by atoms with Gasteiger partial charge in [-0.2, -0.15) is 0 Å². The van der Waals surface area contributed by atoms with Gasteiger partial charge >= 0.3 is 0 Å². The van der Waals surface area contributed by atoms with E-state index in [4.69, 9.17) is 0 Å². The first-order valence-electron chi connectivity index (χ1n) is 5.61. The Morgan fingerprint density at radius 2 is 1.12 bits per heavy atom. The molecule has 0 amide bonds. The zero-order valence-electron chi connectivity index (χ0n) is 9.17. The van der Waals surface area contributed by atoms with E-state index in [0.29, 0.717) is 17.6 Å². The first kappa shape index (κ1) is 14.3. The summed E-state index contributed by atoms with van der Waals surface area (Å²) in [5.41, 5.74) is 0. The van der Waals surface area contributed by atoms with Crippen molar-refractivity contribution in [2.24, 2.45) is 0 Å². The van der Waals surface area contributed by atoms with Crippen molar-refractivity contribution in [3.05, 3.63) is 0 Å². The minimum atomic E-state index is -1.22. The van der Waals surface area contributed by atoms with Crippen LogP contribution in [0, 0.1) is 0 Å². The van der Waals surface area contributed by atoms with E-state index in [2.05, 4.69) is 0 Å². The van der Waals surface area contributed by atoms with Crippen molar-refractivity contribution in [3.63, 3.8) is 0 Å². The molecule has 0 aromatic carbocycles. The third kappa shape index (κ3) is 2.57. The summed E-state index contributed by atoms with van der Waals surface area (Å²) in [5.74, 6) is 0. The Labute approximate surface area is 106 Å². The fourth-order valence-corrected chi connectivity index (χ4v) is 2.91. The van der Waals surface area contributed by atoms with Gasteiger partial charge in [-0.15, -0.1) is 0 Å². The third-order valence-electron chi connectivity index (χ3n) is 3.80. The molecular weight excluding hydrogens is 278 g/mol. The van der Waals surface area contributed by atoms with Crippen molar-refractivity contribution in [2.45, 2.75) is 37.3 Å². The molecule has 16 heavy (non-hydrogen) atoms. The molecule has 0 radical (unpaired) electrons. The summed E-state index contributed by atoms with van der Waals surface area (Å²) < 4.78 is 0.635. The second-order valence-corrected chi connectivity index (χ2v) is 4.98. The van der Waals surface area contributed by atoms with Crippen molar-refractivity contribution < 1.29 is 41.9 Å². The maximum Gasteiger partial charge on any atom is 0.131 e. The molecule has 0 aromatic heterocycles. The van der Waals surface area contributed by atoms with Crippen LogP contribution in [-0.4, -0.2) is 75.5 Å². The van der Waals surface area contributed by atoms with Crippen LogP contribution in [0.4, 0.5) is 0 Å². The topological polar surface area (TPSA) is 80.9 Å². The van der Waals surface area contributed by atoms with E-state index in [9.17, 15) is 20.4 Å². The number of aliphatic hydroxyl groups excluding tert-OH is 4. The van der Waals surface area contributed by atoms with E-state index in [1.165, 1.54) is 0 Å². The Balaban J connectivity index is 0.00000128. The van der Waals surface area contributed by atoms with Crippen LogP contribution in [0.5, 0.6) is 0 Å². The van der Waals surface area contributed by atoms with E-state index in [0.717, 1.165) is 25.9 Å². The van der Waals surface area contributed by atoms with Crippen LogP contribution in [0.15, 0.2) is 0 Å². The lowest BCUT2D eigenvalue weighted by molar-refractivity contribution is -0.921. The second-order valence-electron chi connectivity index (χ2n) is 4.98. The summed E-state index contributed by atoms with van der Waals surface area (Å²) in [6.45, 7) is 2.73. The predicted molar refractivity (Wildman–Crippen MR) is 53.0 cm³/mol. The maximum absolute atomic E-state index is 9.73. The van der Waals surface area contributed by atoms with E-state index in [1.807, 2.05) is 0 Å². The third-order valence-corrected chi connectivity index (χ3v) is 3.80. The van der Waals surface area contributed by atoms with Crippen LogP contribution in [0.25, 0.3) is 0 Å². The van der Waals surface area contributed by atoms with Crippen molar-refractivity contribution in [3.8, 4) is 0 Å². The molecule has 0 unspecified atom stereocenters. The van der Waals surface area contributed by atoms with Gasteiger partial charge in [0.2, 0.25) is 0 Å². The van der Waals surface area contributed by atoms with Gasteiger partial charge in [-0.3, -0.25) is 0 Å². The number of quaternary nitrogens is 1. The summed E-state index contributed by atoms with van der Waals surface area (Å²) in [6.07, 6.45) is -2.14. The van der Waals surface area contributed by atoms with Gasteiger partial charge in [-0.25, -0.2) is 0 Å². The van der Waals surface area contributed by atoms with Crippen LogP contribution in [0.1, 0.15) is 12.8 Å². The SMILES string of the molecule is O[C@H]1[C@H](O)[C@H](O)C[N+]2(CCCC2)C[C@H]1O.[Br-]. The molecule has 2 aliphatic rings. The molecule has 2 saturated heterocycles. The normalized spacial score (nSPS) is 42.8. The van der Waals surface area contributed by atoms with Crippen LogP contribution >= 0.6 is 0 Å². The van der Waals surface area contributed by atoms with Gasteiger partial charge in [0.25, 0.3) is 0 Å². The van der Waals surface area contributed by atoms with Crippen molar-refractivity contribution in [1.29, 1.82) is 0 Å². The zero-order valence-corrected chi connectivity index (χ0v) is 10.8. The van der Waals surface area contributed by atoms with E-state index in [-0.39, 0.29) is 17.0 Å². The number of hydrogen-bond acceptors (Lipinski definition) is 4. The summed E-state index contributed by atoms with van der Waals surface area (Å²) in [5, 5.41) is 38.6. The lowest BCUT2D eigenvalue weighted by atomic mass is 10.1. The van der Waals surface area contributed by atoms with Gasteiger partial charge < -0.3 is 41.9 Å². The van der Waals surface area contributed by atoms with Gasteiger partial charge in [0, 0.05) is 12.8 Å². The molecule has 0 bridgehead atoms. The van der Waals surface area contributed by atoms with Gasteiger partial charge in [0.1, 0.15) is 37.5 Å². The number of nitrogens with zero attached hydrogens (tertiary/aromatic N) is 1. The Morgan fingerprint density at radius 1 is 0.750 bits per heavy atom. The Bertz CT molecular complexity index is 217. The van der Waals surface area contributed by atoms with Crippen molar-refractivity contribution >= 4 is 0 Å².